The van der Waals surface area contributed by atoms with Crippen LogP contribution in [0.2, 0.25) is 0 Å². The number of carbonyl (C=O) groups is 3. The van der Waals surface area contributed by atoms with Crippen LogP contribution in [0.4, 0.5) is 0 Å². The van der Waals surface area contributed by atoms with Crippen LogP contribution in [0.25, 0.3) is 0 Å². The lowest BCUT2D eigenvalue weighted by molar-refractivity contribution is -0.152. The van der Waals surface area contributed by atoms with Crippen LogP contribution < -0.4 is 14.8 Å². The number of nitrogens with one attached hydrogen (secondary N) is 1. The Labute approximate surface area is 202 Å². The van der Waals surface area contributed by atoms with E-state index in [-0.39, 0.29) is 36.7 Å². The van der Waals surface area contributed by atoms with Gasteiger partial charge in [-0.05, 0) is 25.0 Å². The van der Waals surface area contributed by atoms with Gasteiger partial charge in [-0.15, -0.1) is 0 Å². The maximum atomic E-state index is 12.8. The number of carbonyl (C=O) groups excluding carboxylic acids is 3. The highest BCUT2D eigenvalue weighted by atomic mass is 16.5. The van der Waals surface area contributed by atoms with E-state index in [4.69, 9.17) is 18.9 Å². The predicted octanol–water partition coefficient (Wildman–Crippen LogP) is 4.14. The number of phenols is 1. The molecular formula is C25H39NO8. The summed E-state index contributed by atoms with van der Waals surface area (Å²) in [5.74, 6) is -2.32. The number of hydrogen-bond acceptors (Lipinski definition) is 8. The zero-order chi connectivity index (χ0) is 25.3. The van der Waals surface area contributed by atoms with Gasteiger partial charge in [0.05, 0.1) is 39.4 Å². The normalized spacial score (nSPS) is 11.4. The van der Waals surface area contributed by atoms with E-state index < -0.39 is 29.6 Å². The Hall–Kier alpha value is -2.97. The van der Waals surface area contributed by atoms with Crippen LogP contribution >= 0.6 is 0 Å². The minimum atomic E-state index is -1.26. The van der Waals surface area contributed by atoms with Crippen molar-refractivity contribution >= 4 is 17.8 Å². The summed E-state index contributed by atoms with van der Waals surface area (Å²) in [4.78, 5) is 37.8. The van der Waals surface area contributed by atoms with E-state index in [9.17, 15) is 19.5 Å². The number of ether oxygens (including phenoxy) is 4. The highest BCUT2D eigenvalue weighted by Gasteiger charge is 2.28. The van der Waals surface area contributed by atoms with Gasteiger partial charge in [-0.2, -0.15) is 0 Å². The average molecular weight is 482 g/mol. The number of rotatable bonds is 17. The van der Waals surface area contributed by atoms with E-state index >= 15 is 0 Å². The van der Waals surface area contributed by atoms with Gasteiger partial charge in [0.2, 0.25) is 5.75 Å². The summed E-state index contributed by atoms with van der Waals surface area (Å²) in [6.07, 6.45) is 7.11. The first-order valence-corrected chi connectivity index (χ1v) is 12.0. The molecule has 1 aromatic rings. The lowest BCUT2D eigenvalue weighted by atomic mass is 10.1. The van der Waals surface area contributed by atoms with E-state index in [0.29, 0.717) is 6.42 Å². The molecule has 0 saturated heterocycles. The maximum absolute atomic E-state index is 12.8. The Morgan fingerprint density at radius 2 is 1.50 bits per heavy atom. The molecule has 0 bridgehead atoms. The third-order valence-corrected chi connectivity index (χ3v) is 5.23. The highest BCUT2D eigenvalue weighted by Crippen LogP contribution is 2.38. The Morgan fingerprint density at radius 3 is 2.06 bits per heavy atom. The third kappa shape index (κ3) is 9.89. The van der Waals surface area contributed by atoms with E-state index in [1.54, 1.807) is 0 Å². The summed E-state index contributed by atoms with van der Waals surface area (Å²) >= 11 is 0. The third-order valence-electron chi connectivity index (χ3n) is 5.23. The monoisotopic (exact) mass is 481 g/mol. The fraction of sp³-hybridized carbons (Fsp3) is 0.640. The van der Waals surface area contributed by atoms with Gasteiger partial charge in [-0.1, -0.05) is 52.4 Å². The molecule has 0 heterocycles. The van der Waals surface area contributed by atoms with Gasteiger partial charge < -0.3 is 29.4 Å². The topological polar surface area (TPSA) is 120 Å². The first kappa shape index (κ1) is 29.1. The van der Waals surface area contributed by atoms with Gasteiger partial charge in [0.15, 0.2) is 11.5 Å². The van der Waals surface area contributed by atoms with E-state index in [2.05, 4.69) is 19.2 Å². The molecule has 0 spiro atoms. The summed E-state index contributed by atoms with van der Waals surface area (Å²) in [5.41, 5.74) is -0.133. The zero-order valence-corrected chi connectivity index (χ0v) is 20.8. The summed E-state index contributed by atoms with van der Waals surface area (Å²) in [5, 5.41) is 12.9. The van der Waals surface area contributed by atoms with Crippen molar-refractivity contribution in [2.45, 2.75) is 77.7 Å². The molecule has 0 unspecified atom stereocenters. The Morgan fingerprint density at radius 1 is 0.882 bits per heavy atom. The molecule has 0 radical (unpaired) electrons. The molecule has 192 valence electrons. The van der Waals surface area contributed by atoms with Crippen LogP contribution in [-0.4, -0.2) is 56.4 Å². The molecule has 34 heavy (non-hydrogen) atoms. The van der Waals surface area contributed by atoms with Gasteiger partial charge in [0.25, 0.3) is 5.91 Å². The molecule has 9 heteroatoms. The smallest absolute Gasteiger partial charge is 0.329 e. The fourth-order valence-electron chi connectivity index (χ4n) is 3.27. The lowest BCUT2D eigenvalue weighted by Gasteiger charge is -2.18. The van der Waals surface area contributed by atoms with Crippen molar-refractivity contribution in [3.05, 3.63) is 17.7 Å². The number of phenolic OH excluding ortho intramolecular Hbond substituents is 1. The second kappa shape index (κ2) is 16.6. The van der Waals surface area contributed by atoms with Gasteiger partial charge in [0.1, 0.15) is 6.04 Å². The number of aromatic hydroxyl groups is 1. The van der Waals surface area contributed by atoms with Crippen molar-refractivity contribution in [2.75, 3.05) is 27.4 Å². The van der Waals surface area contributed by atoms with Crippen molar-refractivity contribution < 1.29 is 38.4 Å². The van der Waals surface area contributed by atoms with Gasteiger partial charge in [-0.3, -0.25) is 9.59 Å². The Bertz CT molecular complexity index is 780. The maximum Gasteiger partial charge on any atom is 0.329 e. The number of unbranched alkanes of at least 4 members (excludes halogenated alkanes) is 6. The summed E-state index contributed by atoms with van der Waals surface area (Å²) in [7, 11) is 2.73. The van der Waals surface area contributed by atoms with Gasteiger partial charge in [0, 0.05) is 0 Å². The first-order chi connectivity index (χ1) is 16.4. The molecule has 0 aliphatic carbocycles. The number of hydrogen-bond donors (Lipinski definition) is 2. The summed E-state index contributed by atoms with van der Waals surface area (Å²) in [6, 6.07) is 1.54. The molecule has 0 aromatic heterocycles. The zero-order valence-electron chi connectivity index (χ0n) is 20.8. The summed E-state index contributed by atoms with van der Waals surface area (Å²) in [6.45, 7) is 4.61. The van der Waals surface area contributed by atoms with E-state index in [1.165, 1.54) is 26.4 Å². The number of benzene rings is 1. The van der Waals surface area contributed by atoms with Crippen LogP contribution in [-0.2, 0) is 19.1 Å². The molecule has 0 fully saturated rings. The van der Waals surface area contributed by atoms with E-state index in [1.807, 2.05) is 0 Å². The minimum absolute atomic E-state index is 0.0170. The highest BCUT2D eigenvalue weighted by molar-refractivity contribution is 6.00. The molecule has 0 aliphatic heterocycles. The molecule has 1 rings (SSSR count). The molecular weight excluding hydrogens is 442 g/mol. The van der Waals surface area contributed by atoms with Crippen molar-refractivity contribution in [2.24, 2.45) is 0 Å². The standard InChI is InChI=1S/C25H39NO8/c1-5-7-9-11-15-33-21(27)17-19(25(30)34-16-12-10-8-6-2)26-24(29)18-13-14-20(31-3)23(32-4)22(18)28/h13-14,19,28H,5-12,15-17H2,1-4H3,(H,26,29)/t19-/m0/s1. The average Bonchev–Trinajstić information content (AvgIpc) is 2.82. The molecule has 1 amide bonds. The molecule has 1 atom stereocenters. The first-order valence-electron chi connectivity index (χ1n) is 12.0. The van der Waals surface area contributed by atoms with Crippen LogP contribution in [0, 0.1) is 0 Å². The SMILES string of the molecule is CCCCCCOC(=O)C[C@H](NC(=O)c1ccc(OC)c(OC)c1O)C(=O)OCCCCCC. The van der Waals surface area contributed by atoms with Crippen LogP contribution in [0.5, 0.6) is 17.2 Å². The Balaban J connectivity index is 2.87. The number of amides is 1. The molecule has 9 nitrogen and oxygen atoms in total. The second-order valence-electron chi connectivity index (χ2n) is 7.94. The van der Waals surface area contributed by atoms with Crippen molar-refractivity contribution in [1.82, 2.24) is 5.32 Å². The Kier molecular flexibility index (Phi) is 14.2. The van der Waals surface area contributed by atoms with Crippen molar-refractivity contribution in [3.63, 3.8) is 0 Å². The number of esters is 2. The molecule has 0 saturated carbocycles. The van der Waals surface area contributed by atoms with Crippen molar-refractivity contribution in [1.29, 1.82) is 0 Å². The molecule has 1 aromatic carbocycles. The van der Waals surface area contributed by atoms with Gasteiger partial charge >= 0.3 is 11.9 Å². The van der Waals surface area contributed by atoms with Crippen LogP contribution in [0.3, 0.4) is 0 Å². The number of methoxy groups -OCH3 is 2. The second-order valence-corrected chi connectivity index (χ2v) is 7.94. The van der Waals surface area contributed by atoms with Crippen LogP contribution in [0.15, 0.2) is 12.1 Å². The van der Waals surface area contributed by atoms with E-state index in [0.717, 1.165) is 44.9 Å². The quantitative estimate of drug-likeness (QED) is 0.252. The molecule has 0 aliphatic rings. The summed E-state index contributed by atoms with van der Waals surface area (Å²) < 4.78 is 20.7. The van der Waals surface area contributed by atoms with Gasteiger partial charge in [-0.25, -0.2) is 4.79 Å². The largest absolute Gasteiger partial charge is 0.504 e. The fourth-order valence-corrected chi connectivity index (χ4v) is 3.27. The molecule has 2 N–H and O–H groups in total. The predicted molar refractivity (Wildman–Crippen MR) is 127 cm³/mol. The lowest BCUT2D eigenvalue weighted by Crippen LogP contribution is -2.43. The minimum Gasteiger partial charge on any atom is -0.504 e. The van der Waals surface area contributed by atoms with Crippen LogP contribution in [0.1, 0.15) is 82.0 Å². The van der Waals surface area contributed by atoms with Crippen molar-refractivity contribution in [3.8, 4) is 17.2 Å².